The molecule has 62 heavy (non-hydrogen) atoms. The number of piperidine rings is 2. The van der Waals surface area contributed by atoms with Gasteiger partial charge in [0.25, 0.3) is 0 Å². The number of likely N-dealkylation sites (tertiary alicyclic amines) is 2. The highest BCUT2D eigenvalue weighted by Gasteiger charge is 2.58. The van der Waals surface area contributed by atoms with Crippen LogP contribution in [0.4, 0.5) is 9.59 Å². The third-order valence-corrected chi connectivity index (χ3v) is 13.9. The van der Waals surface area contributed by atoms with Crippen molar-refractivity contribution in [1.82, 2.24) is 40.4 Å². The minimum atomic E-state index is -0.721. The van der Waals surface area contributed by atoms with Crippen LogP contribution in [-0.2, 0) is 30.1 Å². The molecule has 2 aromatic carbocycles. The van der Waals surface area contributed by atoms with E-state index in [0.29, 0.717) is 55.3 Å². The molecular formula is C46H56N8O8. The number of rotatable bonds is 11. The van der Waals surface area contributed by atoms with E-state index < -0.39 is 35.3 Å². The minimum absolute atomic E-state index is 0.117. The van der Waals surface area contributed by atoms with Gasteiger partial charge in [0.1, 0.15) is 48.0 Å². The third-order valence-electron chi connectivity index (χ3n) is 13.9. The maximum absolute atomic E-state index is 14.1. The Kier molecular flexibility index (Phi) is 10.7. The number of hydrogen-bond acceptors (Lipinski definition) is 10. The first-order valence-electron chi connectivity index (χ1n) is 21.8. The summed E-state index contributed by atoms with van der Waals surface area (Å²) < 4.78 is 22.3. The van der Waals surface area contributed by atoms with Crippen LogP contribution in [0.3, 0.4) is 0 Å². The summed E-state index contributed by atoms with van der Waals surface area (Å²) in [5, 5.41) is 5.51. The molecule has 0 radical (unpaired) electrons. The predicted octanol–water partition coefficient (Wildman–Crippen LogP) is 6.34. The highest BCUT2D eigenvalue weighted by Crippen LogP contribution is 2.54. The molecule has 2 saturated heterocycles. The van der Waals surface area contributed by atoms with Crippen LogP contribution in [0.2, 0.25) is 0 Å². The summed E-state index contributed by atoms with van der Waals surface area (Å²) in [5.74, 6) is 2.97. The number of carbonyl (C=O) groups is 4. The van der Waals surface area contributed by atoms with Crippen molar-refractivity contribution in [3.63, 3.8) is 0 Å². The lowest BCUT2D eigenvalue weighted by molar-refractivity contribution is -0.141. The smallest absolute Gasteiger partial charge is 0.407 e. The molecule has 4 bridgehead atoms. The fourth-order valence-electron chi connectivity index (χ4n) is 10.7. The summed E-state index contributed by atoms with van der Waals surface area (Å²) in [4.78, 5) is 73.4. The minimum Gasteiger partial charge on any atom is -0.485 e. The first-order chi connectivity index (χ1) is 29.8. The van der Waals surface area contributed by atoms with Gasteiger partial charge in [0, 0.05) is 42.2 Å². The Morgan fingerprint density at radius 3 is 1.61 bits per heavy atom. The van der Waals surface area contributed by atoms with Crippen molar-refractivity contribution in [3.8, 4) is 45.1 Å². The van der Waals surface area contributed by atoms with Gasteiger partial charge in [-0.2, -0.15) is 0 Å². The highest BCUT2D eigenvalue weighted by molar-refractivity contribution is 5.88. The number of nitrogens with zero attached hydrogens (tertiary/aromatic N) is 4. The Morgan fingerprint density at radius 2 is 1.13 bits per heavy atom. The van der Waals surface area contributed by atoms with E-state index in [1.54, 1.807) is 0 Å². The van der Waals surface area contributed by atoms with E-state index >= 15 is 0 Å². The molecule has 2 saturated carbocycles. The highest BCUT2D eigenvalue weighted by atomic mass is 16.6. The van der Waals surface area contributed by atoms with Crippen LogP contribution in [0.1, 0.15) is 77.9 Å². The second kappa shape index (κ2) is 16.0. The van der Waals surface area contributed by atoms with Crippen molar-refractivity contribution in [3.05, 3.63) is 60.4 Å². The van der Waals surface area contributed by atoms with Gasteiger partial charge in [-0.1, -0.05) is 52.0 Å². The average molecular weight is 849 g/mol. The van der Waals surface area contributed by atoms with Gasteiger partial charge in [0.2, 0.25) is 11.8 Å². The molecule has 16 nitrogen and oxygen atoms in total. The molecule has 6 atom stereocenters. The Hall–Kier alpha value is -6.06. The van der Waals surface area contributed by atoms with Crippen LogP contribution in [0, 0.1) is 23.7 Å². The van der Waals surface area contributed by atoms with Gasteiger partial charge in [-0.25, -0.2) is 19.6 Å². The summed E-state index contributed by atoms with van der Waals surface area (Å²) in [6, 6.07) is 10.8. The van der Waals surface area contributed by atoms with Gasteiger partial charge in [0.15, 0.2) is 11.5 Å². The summed E-state index contributed by atoms with van der Waals surface area (Å²) in [7, 11) is 2.60. The van der Waals surface area contributed by atoms with Crippen LogP contribution in [0.25, 0.3) is 33.6 Å². The number of hydrogen-bond donors (Lipinski definition) is 4. The SMILES string of the molecule is COC(=O)N[C@H](C(=O)N1C[C@@H]2CC[C@@]1(c1nc(-c3ccc(-c4ccc(-c5c[nH]c([C@@]67CC[C@@H](CN6C(=O)[C@@H](NC(=O)OC)C(C)C)C7)n5)c5c4OCCO5)cc3)c[nH]1)C2)C(C)C. The summed E-state index contributed by atoms with van der Waals surface area (Å²) in [6.07, 6.45) is 7.74. The average Bonchev–Trinajstić information content (AvgIpc) is 4.16. The molecule has 0 spiro atoms. The Labute approximate surface area is 360 Å². The van der Waals surface area contributed by atoms with Crippen molar-refractivity contribution >= 4 is 24.0 Å². The number of fused-ring (bicyclic) bond motifs is 5. The Morgan fingerprint density at radius 1 is 0.677 bits per heavy atom. The largest absolute Gasteiger partial charge is 0.485 e. The van der Waals surface area contributed by atoms with E-state index in [1.807, 2.05) is 86.3 Å². The van der Waals surface area contributed by atoms with Crippen molar-refractivity contribution in [1.29, 1.82) is 0 Å². The lowest BCUT2D eigenvalue weighted by Gasteiger charge is -2.40. The van der Waals surface area contributed by atoms with Crippen LogP contribution in [0.15, 0.2) is 48.8 Å². The zero-order valence-electron chi connectivity index (χ0n) is 36.2. The summed E-state index contributed by atoms with van der Waals surface area (Å²) in [5.41, 5.74) is 3.83. The van der Waals surface area contributed by atoms with E-state index in [0.717, 1.165) is 78.1 Å². The standard InChI is InChI=1S/C46H56N8O8/c1-25(2)35(51-43(57)59-5)39(55)53-23-27-13-15-45(53,19-27)41-47-21-33(49-41)30-9-7-29(8-10-30)31-11-12-32(38-37(31)61-17-18-62-38)34-22-48-42(50-34)46-16-14-28(20-46)24-54(46)40(56)36(26(3)4)52-44(58)60-6/h7-12,21-22,25-28,35-36H,13-20,23-24H2,1-6H3,(H,47,49)(H,48,50)(H,51,57)(H,52,58)/t27-,28-,35+,36+,45+,46+/m1/s1. The molecule has 2 aliphatic carbocycles. The molecule has 4 fully saturated rings. The fourth-order valence-corrected chi connectivity index (χ4v) is 10.7. The Bertz CT molecular complexity index is 2370. The summed E-state index contributed by atoms with van der Waals surface area (Å²) in [6.45, 7) is 9.71. The van der Waals surface area contributed by atoms with E-state index in [2.05, 4.69) is 20.6 Å². The predicted molar refractivity (Wildman–Crippen MR) is 228 cm³/mol. The number of benzene rings is 2. The zero-order chi connectivity index (χ0) is 43.5. The quantitative estimate of drug-likeness (QED) is 0.132. The maximum atomic E-state index is 14.1. The lowest BCUT2D eigenvalue weighted by Crippen LogP contribution is -2.56. The second-order valence-electron chi connectivity index (χ2n) is 18.3. The van der Waals surface area contributed by atoms with Crippen LogP contribution in [0.5, 0.6) is 11.5 Å². The number of carbonyl (C=O) groups excluding carboxylic acids is 4. The van der Waals surface area contributed by atoms with Crippen LogP contribution in [-0.4, -0.2) is 106 Å². The number of alkyl carbamates (subject to hydrolysis) is 2. The molecule has 9 rings (SSSR count). The van der Waals surface area contributed by atoms with Crippen molar-refractivity contribution in [2.75, 3.05) is 40.5 Å². The second-order valence-corrected chi connectivity index (χ2v) is 18.3. The number of aromatic amines is 2. The number of ether oxygens (including phenoxy) is 4. The number of imidazole rings is 2. The first kappa shape index (κ1) is 41.3. The van der Waals surface area contributed by atoms with Crippen molar-refractivity contribution in [2.45, 2.75) is 89.4 Å². The van der Waals surface area contributed by atoms with Crippen LogP contribution >= 0.6 is 0 Å². The first-order valence-corrected chi connectivity index (χ1v) is 21.8. The lowest BCUT2D eigenvalue weighted by atomic mass is 9.93. The number of nitrogens with one attached hydrogen (secondary N) is 4. The van der Waals surface area contributed by atoms with Gasteiger partial charge >= 0.3 is 12.2 Å². The molecule has 4 amide bonds. The number of aromatic nitrogens is 4. The van der Waals surface area contributed by atoms with Gasteiger partial charge in [-0.3, -0.25) is 9.59 Å². The Balaban J connectivity index is 0.958. The molecule has 5 aliphatic rings. The normalized spacial score (nSPS) is 24.4. The van der Waals surface area contributed by atoms with Gasteiger partial charge in [-0.15, -0.1) is 0 Å². The molecule has 16 heteroatoms. The zero-order valence-corrected chi connectivity index (χ0v) is 36.2. The molecule has 2 aromatic heterocycles. The fraction of sp³-hybridized carbons (Fsp3) is 0.522. The van der Waals surface area contributed by atoms with E-state index in [9.17, 15) is 19.2 Å². The van der Waals surface area contributed by atoms with Crippen LogP contribution < -0.4 is 20.1 Å². The molecular weight excluding hydrogens is 793 g/mol. The van der Waals surface area contributed by atoms with Gasteiger partial charge < -0.3 is 49.3 Å². The third kappa shape index (κ3) is 6.91. The number of H-pyrrole nitrogens is 2. The van der Waals surface area contributed by atoms with E-state index in [-0.39, 0.29) is 23.7 Å². The van der Waals surface area contributed by atoms with Gasteiger partial charge in [-0.05, 0) is 79.9 Å². The topological polar surface area (TPSA) is 193 Å². The van der Waals surface area contributed by atoms with Gasteiger partial charge in [0.05, 0.1) is 25.6 Å². The van der Waals surface area contributed by atoms with Crippen molar-refractivity contribution in [2.24, 2.45) is 23.7 Å². The molecule has 5 heterocycles. The number of methoxy groups -OCH3 is 2. The van der Waals surface area contributed by atoms with E-state index in [1.165, 1.54) is 14.2 Å². The molecule has 328 valence electrons. The van der Waals surface area contributed by atoms with E-state index in [4.69, 9.17) is 28.9 Å². The molecule has 4 N–H and O–H groups in total. The maximum Gasteiger partial charge on any atom is 0.407 e. The van der Waals surface area contributed by atoms with Crippen molar-refractivity contribution < 1.29 is 38.1 Å². The number of amides is 4. The molecule has 0 unspecified atom stereocenters. The monoisotopic (exact) mass is 848 g/mol. The molecule has 3 aliphatic heterocycles. The molecule has 4 aromatic rings. The summed E-state index contributed by atoms with van der Waals surface area (Å²) >= 11 is 0.